The van der Waals surface area contributed by atoms with E-state index in [9.17, 15) is 4.79 Å². The van der Waals surface area contributed by atoms with Gasteiger partial charge in [-0.2, -0.15) is 0 Å². The second-order valence-electron chi connectivity index (χ2n) is 5.36. The summed E-state index contributed by atoms with van der Waals surface area (Å²) in [5.41, 5.74) is 0. The molecule has 2 aliphatic heterocycles. The zero-order chi connectivity index (χ0) is 13.7. The summed E-state index contributed by atoms with van der Waals surface area (Å²) < 4.78 is 5.80. The molecule has 0 saturated carbocycles. The molecule has 0 spiro atoms. The minimum Gasteiger partial charge on any atom is -0.374 e. The van der Waals surface area contributed by atoms with Gasteiger partial charge in [0.05, 0.1) is 12.7 Å². The molecule has 1 amide bonds. The van der Waals surface area contributed by atoms with Gasteiger partial charge >= 0.3 is 0 Å². The van der Waals surface area contributed by atoms with Crippen LogP contribution in [0.3, 0.4) is 0 Å². The number of nitrogens with one attached hydrogen (secondary N) is 2. The lowest BCUT2D eigenvalue weighted by atomic mass is 10.1. The van der Waals surface area contributed by atoms with Gasteiger partial charge in [-0.1, -0.05) is 0 Å². The van der Waals surface area contributed by atoms with E-state index in [-0.39, 0.29) is 18.1 Å². The monoisotopic (exact) mass is 270 g/mol. The van der Waals surface area contributed by atoms with Gasteiger partial charge in [0, 0.05) is 45.8 Å². The quantitative estimate of drug-likeness (QED) is 0.667. The van der Waals surface area contributed by atoms with Gasteiger partial charge in [-0.05, 0) is 14.0 Å². The number of nitrogens with zero attached hydrogens (tertiary/aromatic N) is 2. The van der Waals surface area contributed by atoms with Crippen LogP contribution < -0.4 is 10.6 Å². The second kappa shape index (κ2) is 7.19. The fourth-order valence-electron chi connectivity index (χ4n) is 2.75. The molecule has 2 aliphatic rings. The molecule has 0 aromatic rings. The maximum Gasteiger partial charge on any atom is 0.238 e. The van der Waals surface area contributed by atoms with Crippen LogP contribution in [0.2, 0.25) is 0 Å². The lowest BCUT2D eigenvalue weighted by molar-refractivity contribution is -0.128. The van der Waals surface area contributed by atoms with Crippen LogP contribution in [0.5, 0.6) is 0 Å². The molecular weight excluding hydrogens is 244 g/mol. The first-order chi connectivity index (χ1) is 9.20. The molecule has 6 heteroatoms. The molecule has 2 atom stereocenters. The van der Waals surface area contributed by atoms with Gasteiger partial charge in [0.25, 0.3) is 0 Å². The van der Waals surface area contributed by atoms with Crippen molar-refractivity contribution in [3.8, 4) is 0 Å². The van der Waals surface area contributed by atoms with Crippen LogP contribution in [-0.2, 0) is 9.53 Å². The van der Waals surface area contributed by atoms with E-state index in [0.717, 1.165) is 45.9 Å². The smallest absolute Gasteiger partial charge is 0.238 e. The maximum atomic E-state index is 12.1. The van der Waals surface area contributed by atoms with Crippen LogP contribution in [0.1, 0.15) is 6.92 Å². The van der Waals surface area contributed by atoms with Gasteiger partial charge in [-0.3, -0.25) is 9.69 Å². The molecule has 0 aromatic heterocycles. The van der Waals surface area contributed by atoms with Crippen LogP contribution in [-0.4, -0.2) is 87.3 Å². The predicted octanol–water partition coefficient (Wildman–Crippen LogP) is -1.27. The zero-order valence-corrected chi connectivity index (χ0v) is 12.0. The van der Waals surface area contributed by atoms with Gasteiger partial charge in [0.15, 0.2) is 0 Å². The number of carbonyl (C=O) groups excluding carboxylic acids is 1. The Kier molecular flexibility index (Phi) is 5.57. The van der Waals surface area contributed by atoms with Crippen molar-refractivity contribution < 1.29 is 9.53 Å². The summed E-state index contributed by atoms with van der Waals surface area (Å²) in [6, 6.07) is -0.0652. The molecule has 2 unspecified atom stereocenters. The first-order valence-corrected chi connectivity index (χ1v) is 7.23. The lowest BCUT2D eigenvalue weighted by Crippen LogP contribution is -2.60. The fourth-order valence-corrected chi connectivity index (χ4v) is 2.75. The molecular formula is C13H26N4O2. The Morgan fingerprint density at radius 2 is 2.32 bits per heavy atom. The van der Waals surface area contributed by atoms with Crippen molar-refractivity contribution in [3.05, 3.63) is 0 Å². The van der Waals surface area contributed by atoms with Crippen LogP contribution >= 0.6 is 0 Å². The Morgan fingerprint density at radius 1 is 1.47 bits per heavy atom. The Labute approximate surface area is 115 Å². The van der Waals surface area contributed by atoms with Crippen molar-refractivity contribution in [3.63, 3.8) is 0 Å². The minimum atomic E-state index is -0.0652. The third-order valence-electron chi connectivity index (χ3n) is 3.79. The van der Waals surface area contributed by atoms with E-state index in [1.165, 1.54) is 0 Å². The maximum absolute atomic E-state index is 12.1. The number of likely N-dealkylation sites (N-methyl/N-ethyl adjacent to an activating group) is 2. The Hall–Kier alpha value is -0.690. The summed E-state index contributed by atoms with van der Waals surface area (Å²) in [6.07, 6.45) is 0.216. The third kappa shape index (κ3) is 4.14. The van der Waals surface area contributed by atoms with Crippen molar-refractivity contribution in [2.75, 3.05) is 59.5 Å². The van der Waals surface area contributed by atoms with E-state index in [2.05, 4.69) is 27.5 Å². The van der Waals surface area contributed by atoms with Crippen molar-refractivity contribution in [1.29, 1.82) is 0 Å². The average Bonchev–Trinajstić information content (AvgIpc) is 2.39. The molecule has 19 heavy (non-hydrogen) atoms. The molecule has 0 bridgehead atoms. The highest BCUT2D eigenvalue weighted by Gasteiger charge is 2.31. The van der Waals surface area contributed by atoms with E-state index in [1.54, 1.807) is 0 Å². The van der Waals surface area contributed by atoms with E-state index >= 15 is 0 Å². The first kappa shape index (κ1) is 14.7. The molecule has 6 nitrogen and oxygen atoms in total. The number of rotatable bonds is 4. The minimum absolute atomic E-state index is 0.0652. The average molecular weight is 270 g/mol. The Morgan fingerprint density at radius 3 is 3.05 bits per heavy atom. The largest absolute Gasteiger partial charge is 0.374 e. The van der Waals surface area contributed by atoms with Crippen molar-refractivity contribution in [1.82, 2.24) is 20.4 Å². The van der Waals surface area contributed by atoms with Gasteiger partial charge < -0.3 is 20.3 Å². The normalized spacial score (nSPS) is 30.2. The van der Waals surface area contributed by atoms with Crippen LogP contribution in [0.4, 0.5) is 0 Å². The van der Waals surface area contributed by atoms with E-state index in [4.69, 9.17) is 4.74 Å². The standard InChI is InChI=1S/C13H26N4O2/c1-3-15-13(18)12-8-14-4-5-17(12)10-11-9-16(2)6-7-19-11/h11-12,14H,3-10H2,1-2H3,(H,15,18). The van der Waals surface area contributed by atoms with Gasteiger partial charge in [0.1, 0.15) is 6.04 Å². The summed E-state index contributed by atoms with van der Waals surface area (Å²) >= 11 is 0. The molecule has 2 fully saturated rings. The van der Waals surface area contributed by atoms with Gasteiger partial charge in [-0.25, -0.2) is 0 Å². The molecule has 2 heterocycles. The summed E-state index contributed by atoms with van der Waals surface area (Å²) in [4.78, 5) is 16.6. The summed E-state index contributed by atoms with van der Waals surface area (Å²) in [5.74, 6) is 0.124. The predicted molar refractivity (Wildman–Crippen MR) is 74.2 cm³/mol. The molecule has 2 N–H and O–H groups in total. The molecule has 0 aromatic carbocycles. The number of morpholine rings is 1. The number of ether oxygens (including phenoxy) is 1. The lowest BCUT2D eigenvalue weighted by Gasteiger charge is -2.39. The van der Waals surface area contributed by atoms with E-state index in [1.807, 2.05) is 6.92 Å². The molecule has 2 rings (SSSR count). The SMILES string of the molecule is CCNC(=O)C1CNCCN1CC1CN(C)CCO1. The highest BCUT2D eigenvalue weighted by Crippen LogP contribution is 2.10. The number of amides is 1. The van der Waals surface area contributed by atoms with Gasteiger partial charge in [0.2, 0.25) is 5.91 Å². The molecule has 110 valence electrons. The third-order valence-corrected chi connectivity index (χ3v) is 3.79. The molecule has 2 saturated heterocycles. The first-order valence-electron chi connectivity index (χ1n) is 7.23. The molecule has 0 radical (unpaired) electrons. The second-order valence-corrected chi connectivity index (χ2v) is 5.36. The Balaban J connectivity index is 1.89. The number of hydrogen-bond donors (Lipinski definition) is 2. The summed E-state index contributed by atoms with van der Waals surface area (Å²) in [5, 5.41) is 6.22. The number of carbonyl (C=O) groups is 1. The fraction of sp³-hybridized carbons (Fsp3) is 0.923. The summed E-state index contributed by atoms with van der Waals surface area (Å²) in [6.45, 7) is 8.80. The van der Waals surface area contributed by atoms with Crippen molar-refractivity contribution in [2.45, 2.75) is 19.1 Å². The van der Waals surface area contributed by atoms with Gasteiger partial charge in [-0.15, -0.1) is 0 Å². The van der Waals surface area contributed by atoms with Crippen molar-refractivity contribution in [2.24, 2.45) is 0 Å². The highest BCUT2D eigenvalue weighted by molar-refractivity contribution is 5.82. The highest BCUT2D eigenvalue weighted by atomic mass is 16.5. The number of piperazine rings is 1. The number of hydrogen-bond acceptors (Lipinski definition) is 5. The molecule has 0 aliphatic carbocycles. The zero-order valence-electron chi connectivity index (χ0n) is 12.0. The van der Waals surface area contributed by atoms with Crippen LogP contribution in [0, 0.1) is 0 Å². The van der Waals surface area contributed by atoms with Crippen LogP contribution in [0.15, 0.2) is 0 Å². The summed E-state index contributed by atoms with van der Waals surface area (Å²) in [7, 11) is 2.12. The van der Waals surface area contributed by atoms with Crippen LogP contribution in [0.25, 0.3) is 0 Å². The Bertz CT molecular complexity index is 300. The van der Waals surface area contributed by atoms with E-state index < -0.39 is 0 Å². The van der Waals surface area contributed by atoms with Crippen molar-refractivity contribution >= 4 is 5.91 Å². The topological polar surface area (TPSA) is 56.8 Å². The van der Waals surface area contributed by atoms with E-state index in [0.29, 0.717) is 6.54 Å².